The fraction of sp³-hybridized carbons (Fsp3) is 0.435. The highest BCUT2D eigenvalue weighted by atomic mass is 32.2. The van der Waals surface area contributed by atoms with E-state index in [4.69, 9.17) is 9.47 Å². The lowest BCUT2D eigenvalue weighted by molar-refractivity contribution is -0.121. The molecule has 2 aliphatic heterocycles. The number of nitrogens with one attached hydrogen (secondary N) is 1. The first-order valence-electron chi connectivity index (χ1n) is 10.9. The van der Waals surface area contributed by atoms with Crippen molar-refractivity contribution in [2.75, 3.05) is 41.9 Å². The lowest BCUT2D eigenvalue weighted by atomic mass is 10.2. The van der Waals surface area contributed by atoms with Gasteiger partial charge in [-0.05, 0) is 49.1 Å². The highest BCUT2D eigenvalue weighted by molar-refractivity contribution is 7.92. The Morgan fingerprint density at radius 2 is 1.78 bits per heavy atom. The molecule has 0 saturated carbocycles. The predicted molar refractivity (Wildman–Crippen MR) is 124 cm³/mol. The zero-order chi connectivity index (χ0) is 22.6. The van der Waals surface area contributed by atoms with Crippen LogP contribution in [-0.4, -0.2) is 47.0 Å². The van der Waals surface area contributed by atoms with Gasteiger partial charge in [-0.3, -0.25) is 9.10 Å². The van der Waals surface area contributed by atoms with Gasteiger partial charge in [-0.15, -0.1) is 0 Å². The maximum Gasteiger partial charge on any atom is 0.232 e. The quantitative estimate of drug-likeness (QED) is 0.620. The third-order valence-corrected chi connectivity index (χ3v) is 6.90. The van der Waals surface area contributed by atoms with Gasteiger partial charge in [0, 0.05) is 44.4 Å². The summed E-state index contributed by atoms with van der Waals surface area (Å²) in [4.78, 5) is 14.7. The van der Waals surface area contributed by atoms with Crippen LogP contribution in [0.1, 0.15) is 31.2 Å². The largest absolute Gasteiger partial charge is 0.454 e. The minimum Gasteiger partial charge on any atom is -0.454 e. The Morgan fingerprint density at radius 1 is 1.06 bits per heavy atom. The van der Waals surface area contributed by atoms with Gasteiger partial charge in [0.15, 0.2) is 11.5 Å². The van der Waals surface area contributed by atoms with Crippen LogP contribution in [0.25, 0.3) is 0 Å². The molecular weight excluding hydrogens is 430 g/mol. The van der Waals surface area contributed by atoms with Gasteiger partial charge < -0.3 is 19.7 Å². The Bertz CT molecular complexity index is 1050. The van der Waals surface area contributed by atoms with Crippen LogP contribution in [0.3, 0.4) is 0 Å². The van der Waals surface area contributed by atoms with Crippen molar-refractivity contribution in [3.8, 4) is 11.5 Å². The molecule has 32 heavy (non-hydrogen) atoms. The van der Waals surface area contributed by atoms with Crippen molar-refractivity contribution in [1.82, 2.24) is 5.32 Å². The zero-order valence-corrected chi connectivity index (χ0v) is 19.1. The Morgan fingerprint density at radius 3 is 2.50 bits per heavy atom. The van der Waals surface area contributed by atoms with Crippen molar-refractivity contribution in [2.24, 2.45) is 0 Å². The lowest BCUT2D eigenvalue weighted by Crippen LogP contribution is -2.32. The molecule has 2 aliphatic rings. The van der Waals surface area contributed by atoms with Gasteiger partial charge in [0.05, 0.1) is 11.9 Å². The molecule has 0 unspecified atom stereocenters. The standard InChI is InChI=1S/C23H29N3O5S/c1-32(28,29)26(20-10-11-21-22(15-20)31-17-30-21)14-4-5-23(27)24-16-18-6-8-19(9-7-18)25-12-2-3-13-25/h6-11,15H,2-5,12-14,16-17H2,1H3,(H,24,27). The van der Waals surface area contributed by atoms with E-state index in [2.05, 4.69) is 22.3 Å². The van der Waals surface area contributed by atoms with E-state index in [0.717, 1.165) is 24.9 Å². The molecule has 4 rings (SSSR count). The highest BCUT2D eigenvalue weighted by Crippen LogP contribution is 2.36. The Kier molecular flexibility index (Phi) is 6.74. The van der Waals surface area contributed by atoms with E-state index in [-0.39, 0.29) is 25.7 Å². The van der Waals surface area contributed by atoms with Gasteiger partial charge in [0.2, 0.25) is 22.7 Å². The molecular formula is C23H29N3O5S. The number of hydrogen-bond donors (Lipinski definition) is 1. The number of fused-ring (bicyclic) bond motifs is 1. The summed E-state index contributed by atoms with van der Waals surface area (Å²) in [7, 11) is -3.50. The van der Waals surface area contributed by atoms with E-state index in [1.54, 1.807) is 18.2 Å². The van der Waals surface area contributed by atoms with Gasteiger partial charge in [-0.2, -0.15) is 0 Å². The minimum absolute atomic E-state index is 0.104. The average Bonchev–Trinajstić information content (AvgIpc) is 3.46. The fourth-order valence-corrected chi connectivity index (χ4v) is 4.96. The number of carbonyl (C=O) groups excluding carboxylic acids is 1. The van der Waals surface area contributed by atoms with Crippen LogP contribution in [0.2, 0.25) is 0 Å². The molecule has 0 radical (unpaired) electrons. The Hall–Kier alpha value is -2.94. The van der Waals surface area contributed by atoms with E-state index in [1.165, 1.54) is 22.8 Å². The molecule has 9 heteroatoms. The molecule has 8 nitrogen and oxygen atoms in total. The number of amides is 1. The number of rotatable bonds is 9. The van der Waals surface area contributed by atoms with E-state index < -0.39 is 10.0 Å². The molecule has 0 spiro atoms. The summed E-state index contributed by atoms with van der Waals surface area (Å²) in [5.74, 6) is 1.01. The van der Waals surface area contributed by atoms with Gasteiger partial charge in [0.1, 0.15) is 0 Å². The molecule has 0 aliphatic carbocycles. The van der Waals surface area contributed by atoms with E-state index in [9.17, 15) is 13.2 Å². The van der Waals surface area contributed by atoms with Gasteiger partial charge in [0.25, 0.3) is 0 Å². The SMILES string of the molecule is CS(=O)(=O)N(CCCC(=O)NCc1ccc(N2CCCC2)cc1)c1ccc2c(c1)OCO2. The molecule has 1 saturated heterocycles. The Labute approximate surface area is 189 Å². The van der Waals surface area contributed by atoms with Crippen LogP contribution < -0.4 is 24.0 Å². The number of carbonyl (C=O) groups is 1. The molecule has 2 aromatic carbocycles. The number of ether oxygens (including phenoxy) is 2. The molecule has 2 aromatic rings. The summed E-state index contributed by atoms with van der Waals surface area (Å²) in [6, 6.07) is 13.3. The van der Waals surface area contributed by atoms with Crippen LogP contribution in [0.4, 0.5) is 11.4 Å². The summed E-state index contributed by atoms with van der Waals surface area (Å²) in [6.07, 6.45) is 4.28. The summed E-state index contributed by atoms with van der Waals surface area (Å²) in [5.41, 5.74) is 2.76. The lowest BCUT2D eigenvalue weighted by Gasteiger charge is -2.22. The number of nitrogens with zero attached hydrogens (tertiary/aromatic N) is 2. The van der Waals surface area contributed by atoms with Crippen LogP contribution in [0, 0.1) is 0 Å². The van der Waals surface area contributed by atoms with Crippen molar-refractivity contribution < 1.29 is 22.7 Å². The maximum atomic E-state index is 12.3. The molecule has 2 heterocycles. The predicted octanol–water partition coefficient (Wildman–Crippen LogP) is 2.88. The maximum absolute atomic E-state index is 12.3. The molecule has 0 bridgehead atoms. The van der Waals surface area contributed by atoms with E-state index >= 15 is 0 Å². The molecule has 1 amide bonds. The van der Waals surface area contributed by atoms with Crippen molar-refractivity contribution in [2.45, 2.75) is 32.2 Å². The second kappa shape index (κ2) is 9.68. The second-order valence-electron chi connectivity index (χ2n) is 8.11. The molecule has 1 fully saturated rings. The molecule has 0 atom stereocenters. The summed E-state index contributed by atoms with van der Waals surface area (Å²) >= 11 is 0. The normalized spacial score (nSPS) is 15.1. The third kappa shape index (κ3) is 5.45. The van der Waals surface area contributed by atoms with Crippen LogP contribution in [0.5, 0.6) is 11.5 Å². The molecule has 172 valence electrons. The first-order chi connectivity index (χ1) is 15.4. The highest BCUT2D eigenvalue weighted by Gasteiger charge is 2.21. The van der Waals surface area contributed by atoms with Gasteiger partial charge in [-0.25, -0.2) is 8.42 Å². The topological polar surface area (TPSA) is 88.2 Å². The summed E-state index contributed by atoms with van der Waals surface area (Å²) in [6.45, 7) is 2.99. The minimum atomic E-state index is -3.50. The van der Waals surface area contributed by atoms with Crippen LogP contribution in [0.15, 0.2) is 42.5 Å². The number of hydrogen-bond acceptors (Lipinski definition) is 6. The van der Waals surface area contributed by atoms with Gasteiger partial charge >= 0.3 is 0 Å². The molecule has 1 N–H and O–H groups in total. The zero-order valence-electron chi connectivity index (χ0n) is 18.2. The second-order valence-corrected chi connectivity index (χ2v) is 10.0. The van der Waals surface area contributed by atoms with Crippen LogP contribution >= 0.6 is 0 Å². The number of sulfonamides is 1. The smallest absolute Gasteiger partial charge is 0.232 e. The van der Waals surface area contributed by atoms with E-state index in [0.29, 0.717) is 30.2 Å². The first-order valence-corrected chi connectivity index (χ1v) is 12.7. The first kappa shape index (κ1) is 22.3. The third-order valence-electron chi connectivity index (χ3n) is 5.71. The van der Waals surface area contributed by atoms with Crippen molar-refractivity contribution in [1.29, 1.82) is 0 Å². The molecule has 0 aromatic heterocycles. The van der Waals surface area contributed by atoms with Crippen molar-refractivity contribution >= 4 is 27.3 Å². The van der Waals surface area contributed by atoms with Gasteiger partial charge in [-0.1, -0.05) is 12.1 Å². The fourth-order valence-electron chi connectivity index (χ4n) is 4.00. The summed E-state index contributed by atoms with van der Waals surface area (Å²) < 4.78 is 36.5. The average molecular weight is 460 g/mol. The number of anilines is 2. The van der Waals surface area contributed by atoms with Crippen LogP contribution in [-0.2, 0) is 21.4 Å². The van der Waals surface area contributed by atoms with Crippen molar-refractivity contribution in [3.63, 3.8) is 0 Å². The summed E-state index contributed by atoms with van der Waals surface area (Å²) in [5, 5.41) is 2.92. The van der Waals surface area contributed by atoms with Crippen molar-refractivity contribution in [3.05, 3.63) is 48.0 Å². The monoisotopic (exact) mass is 459 g/mol. The number of benzene rings is 2. The van der Waals surface area contributed by atoms with E-state index in [1.807, 2.05) is 12.1 Å². The Balaban J connectivity index is 1.26.